The van der Waals surface area contributed by atoms with Crippen molar-refractivity contribution in [2.45, 2.75) is 49.7 Å². The molecule has 1 fully saturated rings. The van der Waals surface area contributed by atoms with Gasteiger partial charge in [0.25, 0.3) is 0 Å². The van der Waals surface area contributed by atoms with Crippen LogP contribution in [0.25, 0.3) is 0 Å². The van der Waals surface area contributed by atoms with Crippen molar-refractivity contribution in [2.75, 3.05) is 5.32 Å². The molecular formula is C20H23NO3S. The van der Waals surface area contributed by atoms with Crippen LogP contribution in [0.4, 0.5) is 5.69 Å². The number of carbonyl (C=O) groups excluding carboxylic acids is 1. The average Bonchev–Trinajstić information content (AvgIpc) is 3.39. The molecule has 0 aromatic heterocycles. The maximum absolute atomic E-state index is 13.0. The lowest BCUT2D eigenvalue weighted by Gasteiger charge is -2.19. The van der Waals surface area contributed by atoms with Gasteiger partial charge in [-0.3, -0.25) is 4.79 Å². The highest BCUT2D eigenvalue weighted by molar-refractivity contribution is 7.94. The Bertz CT molecular complexity index is 910. The van der Waals surface area contributed by atoms with Gasteiger partial charge in [0.15, 0.2) is 14.6 Å². The van der Waals surface area contributed by atoms with Crippen LogP contribution in [-0.2, 0) is 21.1 Å². The molecule has 1 amide bonds. The molecule has 1 saturated carbocycles. The molecule has 25 heavy (non-hydrogen) atoms. The number of rotatable bonds is 5. The molecule has 0 unspecified atom stereocenters. The number of hydrogen-bond donors (Lipinski definition) is 1. The molecule has 0 aliphatic heterocycles. The fourth-order valence-corrected chi connectivity index (χ4v) is 4.98. The Balaban J connectivity index is 1.93. The highest BCUT2D eigenvalue weighted by Gasteiger charge is 2.61. The predicted octanol–water partition coefficient (Wildman–Crippen LogP) is 3.81. The molecule has 5 heteroatoms. The van der Waals surface area contributed by atoms with Crippen LogP contribution in [0.15, 0.2) is 47.4 Å². The standard InChI is InChI=1S/C20H23NO3S/c1-4-16-7-5-6-15(3)18(16)21-19(22)20(12-13-20)25(23,24)17-10-8-14(2)9-11-17/h5-11H,4,12-13H2,1-3H3,(H,21,22). The highest BCUT2D eigenvalue weighted by atomic mass is 32.2. The van der Waals surface area contributed by atoms with Crippen LogP contribution in [0.1, 0.15) is 36.5 Å². The van der Waals surface area contributed by atoms with E-state index >= 15 is 0 Å². The number of para-hydroxylation sites is 1. The van der Waals surface area contributed by atoms with E-state index in [0.29, 0.717) is 12.8 Å². The van der Waals surface area contributed by atoms with Gasteiger partial charge >= 0.3 is 0 Å². The summed E-state index contributed by atoms with van der Waals surface area (Å²) in [7, 11) is -3.71. The van der Waals surface area contributed by atoms with Gasteiger partial charge in [-0.1, -0.05) is 42.8 Å². The largest absolute Gasteiger partial charge is 0.324 e. The maximum atomic E-state index is 13.0. The van der Waals surface area contributed by atoms with Gasteiger partial charge in [0.1, 0.15) is 0 Å². The van der Waals surface area contributed by atoms with Crippen molar-refractivity contribution in [2.24, 2.45) is 0 Å². The van der Waals surface area contributed by atoms with Gasteiger partial charge in [-0.05, 0) is 56.4 Å². The van der Waals surface area contributed by atoms with Gasteiger partial charge in [0.05, 0.1) is 4.90 Å². The van der Waals surface area contributed by atoms with Gasteiger partial charge in [-0.2, -0.15) is 0 Å². The molecule has 4 nitrogen and oxygen atoms in total. The van der Waals surface area contributed by atoms with E-state index < -0.39 is 20.5 Å². The van der Waals surface area contributed by atoms with E-state index in [0.717, 1.165) is 28.8 Å². The number of aryl methyl sites for hydroxylation is 3. The molecule has 0 spiro atoms. The molecule has 132 valence electrons. The van der Waals surface area contributed by atoms with Gasteiger partial charge in [0, 0.05) is 5.69 Å². The molecule has 0 saturated heterocycles. The van der Waals surface area contributed by atoms with Crippen LogP contribution >= 0.6 is 0 Å². The third-order valence-electron chi connectivity index (χ3n) is 4.94. The van der Waals surface area contributed by atoms with E-state index in [2.05, 4.69) is 5.32 Å². The van der Waals surface area contributed by atoms with Crippen molar-refractivity contribution in [1.29, 1.82) is 0 Å². The number of anilines is 1. The Hall–Kier alpha value is -2.14. The van der Waals surface area contributed by atoms with E-state index in [9.17, 15) is 13.2 Å². The molecule has 0 bridgehead atoms. The molecule has 0 heterocycles. The highest BCUT2D eigenvalue weighted by Crippen LogP contribution is 2.47. The Morgan fingerprint density at radius 1 is 1.08 bits per heavy atom. The van der Waals surface area contributed by atoms with Crippen molar-refractivity contribution in [3.05, 3.63) is 59.2 Å². The first-order chi connectivity index (χ1) is 11.8. The smallest absolute Gasteiger partial charge is 0.246 e. The maximum Gasteiger partial charge on any atom is 0.246 e. The van der Waals surface area contributed by atoms with Crippen LogP contribution in [0, 0.1) is 13.8 Å². The van der Waals surface area contributed by atoms with Crippen molar-refractivity contribution < 1.29 is 13.2 Å². The summed E-state index contributed by atoms with van der Waals surface area (Å²) in [6.45, 7) is 5.84. The lowest BCUT2D eigenvalue weighted by atomic mass is 10.1. The Morgan fingerprint density at radius 2 is 1.72 bits per heavy atom. The molecule has 0 atom stereocenters. The van der Waals surface area contributed by atoms with Gasteiger partial charge in [0.2, 0.25) is 5.91 Å². The summed E-state index contributed by atoms with van der Waals surface area (Å²) in [4.78, 5) is 13.1. The first kappa shape index (κ1) is 17.7. The number of carbonyl (C=O) groups is 1. The third kappa shape index (κ3) is 2.97. The monoisotopic (exact) mass is 357 g/mol. The minimum Gasteiger partial charge on any atom is -0.324 e. The van der Waals surface area contributed by atoms with E-state index in [1.165, 1.54) is 0 Å². The third-order valence-corrected chi connectivity index (χ3v) is 7.46. The summed E-state index contributed by atoms with van der Waals surface area (Å²) in [6, 6.07) is 12.5. The van der Waals surface area contributed by atoms with Crippen LogP contribution in [0.5, 0.6) is 0 Å². The van der Waals surface area contributed by atoms with Crippen molar-refractivity contribution in [3.63, 3.8) is 0 Å². The lowest BCUT2D eigenvalue weighted by molar-refractivity contribution is -0.116. The molecule has 2 aromatic rings. The van der Waals surface area contributed by atoms with E-state index in [4.69, 9.17) is 0 Å². The summed E-state index contributed by atoms with van der Waals surface area (Å²) >= 11 is 0. The SMILES string of the molecule is CCc1cccc(C)c1NC(=O)C1(S(=O)(=O)c2ccc(C)cc2)CC1. The lowest BCUT2D eigenvalue weighted by Crippen LogP contribution is -2.37. The van der Waals surface area contributed by atoms with Crippen LogP contribution in [-0.4, -0.2) is 19.1 Å². The molecule has 0 radical (unpaired) electrons. The summed E-state index contributed by atoms with van der Waals surface area (Å²) < 4.78 is 24.7. The van der Waals surface area contributed by atoms with Crippen LogP contribution in [0.2, 0.25) is 0 Å². The number of sulfone groups is 1. The summed E-state index contributed by atoms with van der Waals surface area (Å²) in [5.74, 6) is -0.419. The average molecular weight is 357 g/mol. The van der Waals surface area contributed by atoms with Crippen molar-refractivity contribution in [1.82, 2.24) is 0 Å². The zero-order chi connectivity index (χ0) is 18.2. The fourth-order valence-electron chi connectivity index (χ4n) is 3.10. The minimum atomic E-state index is -3.71. The Labute approximate surface area is 149 Å². The molecule has 3 rings (SSSR count). The second-order valence-corrected chi connectivity index (χ2v) is 8.99. The number of nitrogens with one attached hydrogen (secondary N) is 1. The predicted molar refractivity (Wildman–Crippen MR) is 99.5 cm³/mol. The van der Waals surface area contributed by atoms with E-state index in [1.807, 2.05) is 39.0 Å². The van der Waals surface area contributed by atoms with Crippen LogP contribution in [0.3, 0.4) is 0 Å². The Kier molecular flexibility index (Phi) is 4.45. The number of hydrogen-bond acceptors (Lipinski definition) is 3. The second-order valence-electron chi connectivity index (χ2n) is 6.73. The zero-order valence-electron chi connectivity index (χ0n) is 14.8. The second kappa shape index (κ2) is 6.30. The van der Waals surface area contributed by atoms with Crippen LogP contribution < -0.4 is 5.32 Å². The fraction of sp³-hybridized carbons (Fsp3) is 0.350. The van der Waals surface area contributed by atoms with Gasteiger partial charge < -0.3 is 5.32 Å². The summed E-state index contributed by atoms with van der Waals surface area (Å²) in [5.41, 5.74) is 3.68. The van der Waals surface area contributed by atoms with E-state index in [-0.39, 0.29) is 4.90 Å². The molecule has 2 aromatic carbocycles. The van der Waals surface area contributed by atoms with Crippen molar-refractivity contribution >= 4 is 21.4 Å². The molecule has 1 aliphatic rings. The number of benzene rings is 2. The molecular weight excluding hydrogens is 334 g/mol. The topological polar surface area (TPSA) is 63.2 Å². The van der Waals surface area contributed by atoms with Gasteiger partial charge in [-0.25, -0.2) is 8.42 Å². The summed E-state index contributed by atoms with van der Waals surface area (Å²) in [5, 5.41) is 2.90. The molecule has 1 aliphatic carbocycles. The first-order valence-electron chi connectivity index (χ1n) is 8.53. The van der Waals surface area contributed by atoms with E-state index in [1.54, 1.807) is 24.3 Å². The quantitative estimate of drug-likeness (QED) is 0.885. The number of amides is 1. The molecule has 1 N–H and O–H groups in total. The van der Waals surface area contributed by atoms with Crippen molar-refractivity contribution in [3.8, 4) is 0 Å². The Morgan fingerprint density at radius 3 is 2.28 bits per heavy atom. The first-order valence-corrected chi connectivity index (χ1v) is 10.0. The normalized spacial score (nSPS) is 15.6. The summed E-state index contributed by atoms with van der Waals surface area (Å²) in [6.07, 6.45) is 1.50. The van der Waals surface area contributed by atoms with Gasteiger partial charge in [-0.15, -0.1) is 0 Å². The zero-order valence-corrected chi connectivity index (χ0v) is 15.6. The minimum absolute atomic E-state index is 0.214.